The third-order valence-electron chi connectivity index (χ3n) is 9.66. The summed E-state index contributed by atoms with van der Waals surface area (Å²) in [6.07, 6.45) is 5.46. The molecule has 9 N–H and O–H groups in total. The molecule has 328 valence electrons. The van der Waals surface area contributed by atoms with Crippen molar-refractivity contribution in [1.82, 2.24) is 30.7 Å². The first-order valence-corrected chi connectivity index (χ1v) is 20.2. The molecule has 1 aromatic rings. The molecule has 2 saturated heterocycles. The molecular weight excluding hydrogens is 941 g/mol. The first kappa shape index (κ1) is 51.4. The van der Waals surface area contributed by atoms with E-state index >= 15 is 0 Å². The summed E-state index contributed by atoms with van der Waals surface area (Å²) < 4.78 is 0. The number of urea groups is 1. The van der Waals surface area contributed by atoms with Gasteiger partial charge in [0.15, 0.2) is 0 Å². The topological polar surface area (TPSA) is 296 Å². The number of hydrogen-bond donors (Lipinski definition) is 9. The normalized spacial score (nSPS) is 17.4. The quantitative estimate of drug-likeness (QED) is 0.0369. The number of rotatable bonds is 30. The number of aliphatic carboxylic acids is 5. The van der Waals surface area contributed by atoms with Gasteiger partial charge in [-0.2, -0.15) is 11.8 Å². The van der Waals surface area contributed by atoms with Crippen LogP contribution in [0.4, 0.5) is 10.5 Å². The maximum atomic E-state index is 12.6. The first-order chi connectivity index (χ1) is 27.6. The average Bonchev–Trinajstić information content (AvgIpc) is 3.68. The maximum Gasteiger partial charge on any atom is 3.00 e. The number of hydrogen-bond acceptors (Lipinski definition) is 12. The van der Waals surface area contributed by atoms with Gasteiger partial charge in [0.05, 0.1) is 44.8 Å². The third-order valence-corrected chi connectivity index (χ3v) is 11.2. The van der Waals surface area contributed by atoms with Crippen LogP contribution >= 0.6 is 11.8 Å². The largest absolute Gasteiger partial charge is 3.00 e. The molecule has 4 atom stereocenters. The number of benzene rings is 1. The number of amides is 4. The Morgan fingerprint density at radius 2 is 1.27 bits per heavy atom. The van der Waals surface area contributed by atoms with Gasteiger partial charge in [0.25, 0.3) is 0 Å². The fourth-order valence-corrected chi connectivity index (χ4v) is 8.52. The number of carbonyl (C=O) groups is 8. The Morgan fingerprint density at radius 3 is 1.88 bits per heavy atom. The molecule has 4 amide bonds. The summed E-state index contributed by atoms with van der Waals surface area (Å²) in [7, 11) is 0. The number of thioether (sulfide) groups is 1. The molecule has 4 unspecified atom stereocenters. The molecule has 59 heavy (non-hydrogen) atoms. The molecular formula is C37H55N7O13STb+3. The van der Waals surface area contributed by atoms with Gasteiger partial charge >= 0.3 is 74.5 Å². The van der Waals surface area contributed by atoms with E-state index in [9.17, 15) is 63.9 Å². The van der Waals surface area contributed by atoms with E-state index in [0.717, 1.165) is 42.8 Å². The molecule has 0 aromatic heterocycles. The minimum Gasteiger partial charge on any atom is -0.480 e. The summed E-state index contributed by atoms with van der Waals surface area (Å²) in [6.45, 7) is -3.04. The zero-order valence-electron chi connectivity index (χ0n) is 32.6. The molecule has 2 heterocycles. The molecule has 20 nitrogen and oxygen atoms in total. The fraction of sp³-hybridized carbons (Fsp3) is 0.622. The minimum atomic E-state index is -1.31. The second kappa shape index (κ2) is 27.2. The number of nitrogens with zero attached hydrogens (tertiary/aromatic N) is 3. The van der Waals surface area contributed by atoms with Gasteiger partial charge in [0.1, 0.15) is 0 Å². The zero-order valence-corrected chi connectivity index (χ0v) is 35.6. The van der Waals surface area contributed by atoms with Crippen LogP contribution in [0.25, 0.3) is 0 Å². The van der Waals surface area contributed by atoms with Crippen LogP contribution in [-0.4, -0.2) is 176 Å². The molecule has 2 fully saturated rings. The average molecular weight is 997 g/mol. The SMILES string of the molecule is O=C(O)CN(CCN(CC(=O)O)CC(Cc1ccc(NC(=O)CCCCCNC(=O)CCCCC2SCC3NC(=O)NC32)cc1)N(CC(=O)O)CC(=O)O)CC(=O)O.[Tb+3]. The molecule has 0 radical (unpaired) electrons. The standard InChI is InChI=1S/C37H55N7O13S.Tb/c45-29(7-4-3-6-28-36-27(23-58-28)40-37(57)41-36)38-13-5-1-2-8-30(46)39-25-11-9-24(10-12-25)16-26(44(21-34(53)54)22-35(55)56)17-42(18-31(47)48)14-15-43(19-32(49)50)20-33(51)52;/h9-12,26-28,36H,1-8,13-23H2,(H,38,45)(H,39,46)(H,47,48)(H,49,50)(H,51,52)(H,53,54)(H,55,56)(H2,40,41,57);/q;+3. The van der Waals surface area contributed by atoms with E-state index in [1.165, 1.54) is 9.80 Å². The first-order valence-electron chi connectivity index (χ1n) is 19.2. The van der Waals surface area contributed by atoms with Crippen molar-refractivity contribution in [3.8, 4) is 0 Å². The smallest absolute Gasteiger partial charge is 0.480 e. The molecule has 0 bridgehead atoms. The molecule has 1 aromatic carbocycles. The Morgan fingerprint density at radius 1 is 0.712 bits per heavy atom. The van der Waals surface area contributed by atoms with Crippen molar-refractivity contribution >= 4 is 65.1 Å². The van der Waals surface area contributed by atoms with Gasteiger partial charge < -0.3 is 46.8 Å². The Bertz CT molecular complexity index is 1560. The van der Waals surface area contributed by atoms with Crippen LogP contribution in [0.3, 0.4) is 0 Å². The molecule has 22 heteroatoms. The number of nitrogens with one attached hydrogen (secondary N) is 4. The molecule has 0 saturated carbocycles. The number of carbonyl (C=O) groups excluding carboxylic acids is 3. The van der Waals surface area contributed by atoms with Crippen molar-refractivity contribution in [3.05, 3.63) is 29.8 Å². The number of carboxylic acids is 5. The van der Waals surface area contributed by atoms with Crippen LogP contribution in [0.1, 0.15) is 56.9 Å². The summed E-state index contributed by atoms with van der Waals surface area (Å²) in [4.78, 5) is 97.7. The third kappa shape index (κ3) is 20.9. The fourth-order valence-electron chi connectivity index (χ4n) is 6.97. The van der Waals surface area contributed by atoms with Crippen LogP contribution in [0.2, 0.25) is 0 Å². The Hall–Kier alpha value is -3.70. The van der Waals surface area contributed by atoms with Gasteiger partial charge in [-0.3, -0.25) is 48.3 Å². The van der Waals surface area contributed by atoms with E-state index in [2.05, 4.69) is 21.3 Å². The molecule has 2 aliphatic rings. The summed E-state index contributed by atoms with van der Waals surface area (Å²) in [6, 6.07) is 6.00. The van der Waals surface area contributed by atoms with Crippen LogP contribution in [-0.2, 0) is 40.0 Å². The van der Waals surface area contributed by atoms with Crippen molar-refractivity contribution in [3.63, 3.8) is 0 Å². The predicted molar refractivity (Wildman–Crippen MR) is 211 cm³/mol. The van der Waals surface area contributed by atoms with Crippen LogP contribution in [0, 0.1) is 38.6 Å². The van der Waals surface area contributed by atoms with Crippen LogP contribution in [0.15, 0.2) is 24.3 Å². The number of anilines is 1. The molecule has 2 aliphatic heterocycles. The monoisotopic (exact) mass is 996 g/mol. The number of unbranched alkanes of at least 4 members (excludes halogenated alkanes) is 3. The molecule has 0 spiro atoms. The van der Waals surface area contributed by atoms with E-state index < -0.39 is 68.6 Å². The van der Waals surface area contributed by atoms with Crippen LogP contribution < -0.4 is 21.3 Å². The van der Waals surface area contributed by atoms with Crippen molar-refractivity contribution in [2.75, 3.05) is 70.0 Å². The van der Waals surface area contributed by atoms with Gasteiger partial charge in [-0.05, 0) is 49.8 Å². The maximum absolute atomic E-state index is 12.6. The van der Waals surface area contributed by atoms with Gasteiger partial charge in [0.2, 0.25) is 11.8 Å². The summed E-state index contributed by atoms with van der Waals surface area (Å²) in [5, 5.41) is 59.0. The second-order valence-corrected chi connectivity index (χ2v) is 15.7. The van der Waals surface area contributed by atoms with E-state index in [1.54, 1.807) is 24.3 Å². The molecule has 0 aliphatic carbocycles. The van der Waals surface area contributed by atoms with Crippen molar-refractivity contribution in [2.45, 2.75) is 81.2 Å². The van der Waals surface area contributed by atoms with Crippen molar-refractivity contribution in [1.29, 1.82) is 0 Å². The molecule has 3 rings (SSSR count). The Kier molecular flexibility index (Phi) is 23.7. The van der Waals surface area contributed by atoms with E-state index in [-0.39, 0.29) is 101 Å². The van der Waals surface area contributed by atoms with Gasteiger partial charge in [-0.1, -0.05) is 25.0 Å². The predicted octanol–water partition coefficient (Wildman–Crippen LogP) is 0.268. The minimum absolute atomic E-state index is 0. The van der Waals surface area contributed by atoms with Gasteiger partial charge in [-0.25, -0.2) is 4.79 Å². The van der Waals surface area contributed by atoms with Crippen molar-refractivity contribution in [2.24, 2.45) is 0 Å². The van der Waals surface area contributed by atoms with E-state index in [1.807, 2.05) is 11.8 Å². The number of fused-ring (bicyclic) bond motifs is 1. The summed E-state index contributed by atoms with van der Waals surface area (Å²) >= 11 is 1.85. The van der Waals surface area contributed by atoms with Gasteiger partial charge in [-0.15, -0.1) is 0 Å². The summed E-state index contributed by atoms with van der Waals surface area (Å²) in [5.41, 5.74) is 1.12. The van der Waals surface area contributed by atoms with Gasteiger partial charge in [0, 0.05) is 61.8 Å². The second-order valence-electron chi connectivity index (χ2n) is 14.5. The number of carboxylic acid groups (broad SMARTS) is 5. The Balaban J connectivity index is 0.0000120. The van der Waals surface area contributed by atoms with E-state index in [0.29, 0.717) is 35.9 Å². The summed E-state index contributed by atoms with van der Waals surface area (Å²) in [5.74, 6) is -5.77. The Labute approximate surface area is 377 Å². The van der Waals surface area contributed by atoms with E-state index in [4.69, 9.17) is 0 Å². The van der Waals surface area contributed by atoms with Crippen LogP contribution in [0.5, 0.6) is 0 Å². The van der Waals surface area contributed by atoms with Crippen molar-refractivity contribution < 1.29 is 103 Å². The zero-order chi connectivity index (χ0) is 42.6.